The number of hydrogen-bond acceptors (Lipinski definition) is 3. The predicted octanol–water partition coefficient (Wildman–Crippen LogP) is 2.44. The lowest BCUT2D eigenvalue weighted by Gasteiger charge is -2.00. The van der Waals surface area contributed by atoms with Gasteiger partial charge in [0.25, 0.3) is 0 Å². The SMILES string of the molecule is CC(C)/C=C1/OC(=O)c2c(N)cccc21. The topological polar surface area (TPSA) is 52.3 Å². The van der Waals surface area contributed by atoms with Crippen molar-refractivity contribution < 1.29 is 9.53 Å². The summed E-state index contributed by atoms with van der Waals surface area (Å²) in [4.78, 5) is 11.5. The Kier molecular flexibility index (Phi) is 2.23. The zero-order chi connectivity index (χ0) is 11.0. The number of benzene rings is 1. The van der Waals surface area contributed by atoms with Crippen LogP contribution in [0.5, 0.6) is 0 Å². The quantitative estimate of drug-likeness (QED) is 0.563. The minimum atomic E-state index is -0.352. The molecule has 3 nitrogen and oxygen atoms in total. The highest BCUT2D eigenvalue weighted by atomic mass is 16.5. The maximum Gasteiger partial charge on any atom is 0.346 e. The van der Waals surface area contributed by atoms with Gasteiger partial charge in [0.15, 0.2) is 0 Å². The number of carbonyl (C=O) groups is 1. The normalized spacial score (nSPS) is 17.0. The first kappa shape index (κ1) is 9.77. The summed E-state index contributed by atoms with van der Waals surface area (Å²) in [6.07, 6.45) is 1.92. The first-order valence-electron chi connectivity index (χ1n) is 4.92. The van der Waals surface area contributed by atoms with Crippen LogP contribution in [-0.4, -0.2) is 5.97 Å². The predicted molar refractivity (Wildman–Crippen MR) is 59.1 cm³/mol. The average Bonchev–Trinajstić information content (AvgIpc) is 2.44. The molecule has 1 aromatic rings. The highest BCUT2D eigenvalue weighted by Gasteiger charge is 2.28. The summed E-state index contributed by atoms with van der Waals surface area (Å²) in [5.41, 5.74) is 7.49. The number of allylic oxidation sites excluding steroid dienone is 1. The second kappa shape index (κ2) is 3.42. The van der Waals surface area contributed by atoms with E-state index in [9.17, 15) is 4.79 Å². The van der Waals surface area contributed by atoms with Gasteiger partial charge in [-0.3, -0.25) is 0 Å². The molecule has 78 valence electrons. The molecule has 15 heavy (non-hydrogen) atoms. The van der Waals surface area contributed by atoms with Crippen molar-refractivity contribution in [2.45, 2.75) is 13.8 Å². The van der Waals surface area contributed by atoms with Crippen LogP contribution in [-0.2, 0) is 4.74 Å². The van der Waals surface area contributed by atoms with Crippen LogP contribution in [0.2, 0.25) is 0 Å². The number of fused-ring (bicyclic) bond motifs is 1. The van der Waals surface area contributed by atoms with Crippen molar-refractivity contribution in [3.8, 4) is 0 Å². The number of anilines is 1. The molecule has 0 bridgehead atoms. The van der Waals surface area contributed by atoms with Gasteiger partial charge in [-0.05, 0) is 18.1 Å². The number of esters is 1. The fraction of sp³-hybridized carbons (Fsp3) is 0.250. The van der Waals surface area contributed by atoms with Crippen LogP contribution >= 0.6 is 0 Å². The zero-order valence-corrected chi connectivity index (χ0v) is 8.78. The smallest absolute Gasteiger partial charge is 0.346 e. The summed E-state index contributed by atoms with van der Waals surface area (Å²) in [5.74, 6) is 0.604. The maximum absolute atomic E-state index is 11.5. The Morgan fingerprint density at radius 1 is 1.40 bits per heavy atom. The summed E-state index contributed by atoms with van der Waals surface area (Å²) in [7, 11) is 0. The van der Waals surface area contributed by atoms with Crippen molar-refractivity contribution in [2.24, 2.45) is 5.92 Å². The maximum atomic E-state index is 11.5. The molecule has 0 amide bonds. The van der Waals surface area contributed by atoms with Gasteiger partial charge in [-0.25, -0.2) is 4.79 Å². The van der Waals surface area contributed by atoms with Gasteiger partial charge in [0.1, 0.15) is 5.76 Å². The molecule has 3 heteroatoms. The highest BCUT2D eigenvalue weighted by molar-refractivity contribution is 6.07. The van der Waals surface area contributed by atoms with E-state index in [1.807, 2.05) is 32.1 Å². The van der Waals surface area contributed by atoms with Crippen LogP contribution in [0.3, 0.4) is 0 Å². The van der Waals surface area contributed by atoms with E-state index in [2.05, 4.69) is 0 Å². The molecule has 1 aliphatic heterocycles. The largest absolute Gasteiger partial charge is 0.423 e. The van der Waals surface area contributed by atoms with E-state index in [1.54, 1.807) is 6.07 Å². The second-order valence-corrected chi connectivity index (χ2v) is 3.93. The zero-order valence-electron chi connectivity index (χ0n) is 8.78. The number of cyclic esters (lactones) is 1. The molecule has 0 saturated carbocycles. The third-order valence-electron chi connectivity index (χ3n) is 2.25. The van der Waals surface area contributed by atoms with Crippen molar-refractivity contribution in [3.05, 3.63) is 35.4 Å². The van der Waals surface area contributed by atoms with Gasteiger partial charge in [-0.1, -0.05) is 26.0 Å². The molecule has 1 aliphatic rings. The minimum Gasteiger partial charge on any atom is -0.423 e. The van der Waals surface area contributed by atoms with Crippen molar-refractivity contribution >= 4 is 17.4 Å². The molecule has 0 fully saturated rings. The molecule has 0 aliphatic carbocycles. The van der Waals surface area contributed by atoms with Crippen LogP contribution in [0.15, 0.2) is 24.3 Å². The first-order valence-corrected chi connectivity index (χ1v) is 4.92. The van der Waals surface area contributed by atoms with Gasteiger partial charge in [0.05, 0.1) is 5.56 Å². The number of ether oxygens (including phenoxy) is 1. The molecule has 0 aromatic heterocycles. The van der Waals surface area contributed by atoms with Crippen LogP contribution in [0.1, 0.15) is 29.8 Å². The molecule has 0 atom stereocenters. The number of hydrogen-bond donors (Lipinski definition) is 1. The van der Waals surface area contributed by atoms with Crippen LogP contribution in [0.4, 0.5) is 5.69 Å². The number of nitrogen functional groups attached to an aromatic ring is 1. The molecule has 0 spiro atoms. The second-order valence-electron chi connectivity index (χ2n) is 3.93. The molecule has 2 N–H and O–H groups in total. The Morgan fingerprint density at radius 2 is 2.13 bits per heavy atom. The number of carbonyl (C=O) groups excluding carboxylic acids is 1. The monoisotopic (exact) mass is 203 g/mol. The van der Waals surface area contributed by atoms with Crippen LogP contribution < -0.4 is 5.73 Å². The summed E-state index contributed by atoms with van der Waals surface area (Å²) < 4.78 is 5.17. The standard InChI is InChI=1S/C12H13NO2/c1-7(2)6-10-8-4-3-5-9(13)11(8)12(14)15-10/h3-7H,13H2,1-2H3/b10-6+. The van der Waals surface area contributed by atoms with E-state index in [0.717, 1.165) is 5.56 Å². The summed E-state index contributed by atoms with van der Waals surface area (Å²) in [6, 6.07) is 5.38. The van der Waals surface area contributed by atoms with Gasteiger partial charge >= 0.3 is 5.97 Å². The fourth-order valence-electron chi connectivity index (χ4n) is 1.64. The average molecular weight is 203 g/mol. The Labute approximate surface area is 88.5 Å². The van der Waals surface area contributed by atoms with Crippen molar-refractivity contribution in [1.82, 2.24) is 0 Å². The van der Waals surface area contributed by atoms with E-state index in [1.165, 1.54) is 0 Å². The third-order valence-corrected chi connectivity index (χ3v) is 2.25. The lowest BCUT2D eigenvalue weighted by Crippen LogP contribution is -1.99. The fourth-order valence-corrected chi connectivity index (χ4v) is 1.64. The van der Waals surface area contributed by atoms with Gasteiger partial charge in [0.2, 0.25) is 0 Å². The van der Waals surface area contributed by atoms with Crippen LogP contribution in [0.25, 0.3) is 5.76 Å². The summed E-state index contributed by atoms with van der Waals surface area (Å²) in [6.45, 7) is 4.07. The Balaban J connectivity index is 2.56. The van der Waals surface area contributed by atoms with E-state index in [-0.39, 0.29) is 5.97 Å². The lowest BCUT2D eigenvalue weighted by molar-refractivity contribution is 0.0716. The summed E-state index contributed by atoms with van der Waals surface area (Å²) in [5, 5.41) is 0. The molecule has 2 rings (SSSR count). The van der Waals surface area contributed by atoms with Gasteiger partial charge in [-0.2, -0.15) is 0 Å². The molecule has 0 saturated heterocycles. The molecule has 0 radical (unpaired) electrons. The van der Waals surface area contributed by atoms with Gasteiger partial charge in [0, 0.05) is 11.3 Å². The van der Waals surface area contributed by atoms with Crippen molar-refractivity contribution in [3.63, 3.8) is 0 Å². The lowest BCUT2D eigenvalue weighted by atomic mass is 10.0. The van der Waals surface area contributed by atoms with Crippen molar-refractivity contribution in [2.75, 3.05) is 5.73 Å². The van der Waals surface area contributed by atoms with Crippen molar-refractivity contribution in [1.29, 1.82) is 0 Å². The van der Waals surface area contributed by atoms with E-state index >= 15 is 0 Å². The molecule has 1 aromatic carbocycles. The Morgan fingerprint density at radius 3 is 2.80 bits per heavy atom. The molecule has 1 heterocycles. The van der Waals surface area contributed by atoms with Gasteiger partial charge < -0.3 is 10.5 Å². The van der Waals surface area contributed by atoms with E-state index in [4.69, 9.17) is 10.5 Å². The third kappa shape index (κ3) is 1.61. The minimum absolute atomic E-state index is 0.334. The van der Waals surface area contributed by atoms with Gasteiger partial charge in [-0.15, -0.1) is 0 Å². The molecular formula is C12H13NO2. The molecular weight excluding hydrogens is 190 g/mol. The van der Waals surface area contributed by atoms with Crippen LogP contribution in [0, 0.1) is 5.92 Å². The first-order chi connectivity index (χ1) is 7.09. The number of nitrogens with two attached hydrogens (primary N) is 1. The highest BCUT2D eigenvalue weighted by Crippen LogP contribution is 2.33. The summed E-state index contributed by atoms with van der Waals surface area (Å²) >= 11 is 0. The Hall–Kier alpha value is -1.77. The molecule has 0 unspecified atom stereocenters. The Bertz CT molecular complexity index is 447. The van der Waals surface area contributed by atoms with E-state index in [0.29, 0.717) is 22.9 Å². The van der Waals surface area contributed by atoms with E-state index < -0.39 is 0 Å². The number of rotatable bonds is 1.